The normalized spacial score (nSPS) is 15.3. The third kappa shape index (κ3) is 4.96. The van der Waals surface area contributed by atoms with Gasteiger partial charge in [0.05, 0.1) is 18.4 Å². The van der Waals surface area contributed by atoms with Crippen LogP contribution in [0.4, 0.5) is 4.79 Å². The Bertz CT molecular complexity index is 1040. The Kier molecular flexibility index (Phi) is 6.19. The lowest BCUT2D eigenvalue weighted by molar-refractivity contribution is -0.134. The smallest absolute Gasteiger partial charge is 0.405 e. The molecule has 14 nitrogen and oxygen atoms in total. The van der Waals surface area contributed by atoms with Crippen LogP contribution in [0.3, 0.4) is 0 Å². The number of hydrogen-bond acceptors (Lipinski definition) is 9. The Balaban J connectivity index is 1.26. The van der Waals surface area contributed by atoms with E-state index in [0.717, 1.165) is 0 Å². The van der Waals surface area contributed by atoms with Gasteiger partial charge in [-0.3, -0.25) is 4.79 Å². The summed E-state index contributed by atoms with van der Waals surface area (Å²) in [7, 11) is 0. The van der Waals surface area contributed by atoms with Crippen molar-refractivity contribution in [3.05, 3.63) is 36.5 Å². The van der Waals surface area contributed by atoms with E-state index in [0.29, 0.717) is 43.2 Å². The number of nitrogens with one attached hydrogen (secondary N) is 1. The number of rotatable bonds is 7. The molecular formula is C18H22N10O4. The van der Waals surface area contributed by atoms with Crippen molar-refractivity contribution in [2.75, 3.05) is 13.1 Å². The molecule has 1 aliphatic rings. The van der Waals surface area contributed by atoms with Crippen molar-refractivity contribution in [3.63, 3.8) is 0 Å². The molecule has 3 aromatic heterocycles. The summed E-state index contributed by atoms with van der Waals surface area (Å²) in [6, 6.07) is 2.80. The molecule has 3 aromatic rings. The number of piperidine rings is 1. The van der Waals surface area contributed by atoms with Gasteiger partial charge >= 0.3 is 6.09 Å². The van der Waals surface area contributed by atoms with Crippen LogP contribution < -0.4 is 10.1 Å². The summed E-state index contributed by atoms with van der Waals surface area (Å²) in [5.74, 6) is 0.923. The molecule has 168 valence electrons. The number of carbonyl (C=O) groups excluding carboxylic acids is 1. The molecule has 32 heavy (non-hydrogen) atoms. The van der Waals surface area contributed by atoms with E-state index >= 15 is 0 Å². The lowest BCUT2D eigenvalue weighted by Gasteiger charge is -2.33. The van der Waals surface area contributed by atoms with Crippen LogP contribution >= 0.6 is 0 Å². The fraction of sp³-hybridized carbons (Fsp3) is 0.444. The highest BCUT2D eigenvalue weighted by Crippen LogP contribution is 2.22. The second-order valence-electron chi connectivity index (χ2n) is 7.28. The molecule has 2 amide bonds. The highest BCUT2D eigenvalue weighted by atomic mass is 16.5. The second-order valence-corrected chi connectivity index (χ2v) is 7.28. The minimum absolute atomic E-state index is 0.0628. The molecule has 1 fully saturated rings. The largest absolute Gasteiger partial charge is 0.486 e. The van der Waals surface area contributed by atoms with Gasteiger partial charge in [0.1, 0.15) is 30.4 Å². The average molecular weight is 442 g/mol. The molecule has 1 unspecified atom stereocenters. The Morgan fingerprint density at radius 2 is 2.09 bits per heavy atom. The van der Waals surface area contributed by atoms with Crippen LogP contribution in [0.1, 0.15) is 31.5 Å². The number of ether oxygens (including phenoxy) is 1. The first kappa shape index (κ1) is 21.1. The number of carboxylic acid groups (broad SMARTS) is 1. The van der Waals surface area contributed by atoms with Gasteiger partial charge in [-0.1, -0.05) is 0 Å². The fourth-order valence-corrected chi connectivity index (χ4v) is 3.41. The van der Waals surface area contributed by atoms with Crippen molar-refractivity contribution in [1.29, 1.82) is 0 Å². The van der Waals surface area contributed by atoms with E-state index in [9.17, 15) is 9.59 Å². The van der Waals surface area contributed by atoms with E-state index in [1.807, 2.05) is 0 Å². The highest BCUT2D eigenvalue weighted by molar-refractivity contribution is 5.84. The molecule has 2 N–H and O–H groups in total. The van der Waals surface area contributed by atoms with E-state index in [2.05, 4.69) is 36.0 Å². The number of amides is 2. The van der Waals surface area contributed by atoms with Crippen LogP contribution in [-0.2, 0) is 11.4 Å². The molecule has 0 aromatic carbocycles. The van der Waals surface area contributed by atoms with Gasteiger partial charge in [0.25, 0.3) is 0 Å². The number of aromatic nitrogens is 8. The molecule has 1 saturated heterocycles. The number of nitrogens with zero attached hydrogens (tertiary/aromatic N) is 9. The zero-order valence-electron chi connectivity index (χ0n) is 17.3. The molecule has 0 saturated carbocycles. The first-order valence-electron chi connectivity index (χ1n) is 10.0. The molecule has 4 heterocycles. The van der Waals surface area contributed by atoms with Gasteiger partial charge in [-0.2, -0.15) is 19.7 Å². The number of pyridine rings is 1. The lowest BCUT2D eigenvalue weighted by atomic mass is 10.0. The van der Waals surface area contributed by atoms with E-state index in [-0.39, 0.29) is 18.6 Å². The van der Waals surface area contributed by atoms with Crippen LogP contribution in [0.2, 0.25) is 0 Å². The summed E-state index contributed by atoms with van der Waals surface area (Å²) >= 11 is 0. The number of tetrazole rings is 1. The topological polar surface area (TPSA) is 166 Å². The zero-order valence-corrected chi connectivity index (χ0v) is 17.3. The Labute approximate surface area is 182 Å². The Morgan fingerprint density at radius 3 is 2.75 bits per heavy atom. The molecule has 0 radical (unpaired) electrons. The highest BCUT2D eigenvalue weighted by Gasteiger charge is 2.28. The third-order valence-corrected chi connectivity index (χ3v) is 5.06. The lowest BCUT2D eigenvalue weighted by Crippen LogP contribution is -2.49. The minimum atomic E-state index is -1.21. The van der Waals surface area contributed by atoms with Crippen LogP contribution in [0.5, 0.6) is 5.75 Å². The van der Waals surface area contributed by atoms with Gasteiger partial charge in [0.15, 0.2) is 5.82 Å². The van der Waals surface area contributed by atoms with Crippen molar-refractivity contribution in [2.45, 2.75) is 38.5 Å². The summed E-state index contributed by atoms with van der Waals surface area (Å²) in [5, 5.41) is 30.7. The molecule has 0 aliphatic carbocycles. The van der Waals surface area contributed by atoms with Crippen LogP contribution in [0, 0.1) is 0 Å². The first-order chi connectivity index (χ1) is 15.5. The van der Waals surface area contributed by atoms with Gasteiger partial charge in [-0.05, 0) is 42.3 Å². The monoisotopic (exact) mass is 442 g/mol. The number of likely N-dealkylation sites (tertiary alicyclic amines) is 1. The maximum absolute atomic E-state index is 12.3. The van der Waals surface area contributed by atoms with Gasteiger partial charge in [0, 0.05) is 13.1 Å². The van der Waals surface area contributed by atoms with E-state index in [1.165, 1.54) is 11.0 Å². The minimum Gasteiger partial charge on any atom is -0.486 e. The summed E-state index contributed by atoms with van der Waals surface area (Å²) in [6.07, 6.45) is 4.84. The van der Waals surface area contributed by atoms with E-state index in [1.54, 1.807) is 41.1 Å². The average Bonchev–Trinajstić information content (AvgIpc) is 3.50. The summed E-state index contributed by atoms with van der Waals surface area (Å²) in [5.41, 5.74) is 0.673. The third-order valence-electron chi connectivity index (χ3n) is 5.06. The van der Waals surface area contributed by atoms with Gasteiger partial charge in [-0.25, -0.2) is 9.78 Å². The van der Waals surface area contributed by atoms with Crippen molar-refractivity contribution in [2.24, 2.45) is 0 Å². The molecule has 14 heteroatoms. The first-order valence-corrected chi connectivity index (χ1v) is 10.0. The Morgan fingerprint density at radius 1 is 1.28 bits per heavy atom. The van der Waals surface area contributed by atoms with Crippen LogP contribution in [0.25, 0.3) is 5.82 Å². The Hall–Kier alpha value is -4.10. The van der Waals surface area contributed by atoms with Crippen molar-refractivity contribution >= 4 is 12.0 Å². The van der Waals surface area contributed by atoms with Crippen LogP contribution in [0.15, 0.2) is 30.9 Å². The predicted molar refractivity (Wildman–Crippen MR) is 107 cm³/mol. The zero-order chi connectivity index (χ0) is 22.5. The summed E-state index contributed by atoms with van der Waals surface area (Å²) in [6.45, 7) is 2.81. The molecule has 1 aliphatic heterocycles. The SMILES string of the molecule is CC(NC(=O)O)C(=O)N1CCC(n2ncc(COc3ccc(-n4cnnn4)nc3)n2)CC1. The molecule has 0 bridgehead atoms. The predicted octanol–water partition coefficient (Wildman–Crippen LogP) is 0.0474. The van der Waals surface area contributed by atoms with Crippen molar-refractivity contribution < 1.29 is 19.4 Å². The van der Waals surface area contributed by atoms with E-state index in [4.69, 9.17) is 9.84 Å². The standard InChI is InChI=1S/C18H22N10O4/c1-12(22-18(30)31)17(29)26-6-4-14(5-7-26)28-21-8-13(23-28)10-32-15-2-3-16(19-9-15)27-11-20-24-25-27/h2-3,8-9,11-12,14,22H,4-7,10H2,1H3,(H,30,31). The van der Waals surface area contributed by atoms with Crippen molar-refractivity contribution in [3.8, 4) is 11.6 Å². The van der Waals surface area contributed by atoms with E-state index < -0.39 is 12.1 Å². The maximum Gasteiger partial charge on any atom is 0.405 e. The fourth-order valence-electron chi connectivity index (χ4n) is 3.41. The van der Waals surface area contributed by atoms with Gasteiger partial charge < -0.3 is 20.1 Å². The van der Waals surface area contributed by atoms with Gasteiger partial charge in [-0.15, -0.1) is 5.10 Å². The molecule has 0 spiro atoms. The maximum atomic E-state index is 12.3. The molecule has 1 atom stereocenters. The molecular weight excluding hydrogens is 420 g/mol. The second kappa shape index (κ2) is 9.36. The quantitative estimate of drug-likeness (QED) is 0.510. The summed E-state index contributed by atoms with van der Waals surface area (Å²) in [4.78, 5) is 30.6. The number of carbonyl (C=O) groups is 2. The van der Waals surface area contributed by atoms with Crippen LogP contribution in [-0.4, -0.2) is 81.3 Å². The van der Waals surface area contributed by atoms with Gasteiger partial charge in [0.2, 0.25) is 5.91 Å². The molecule has 4 rings (SSSR count). The summed E-state index contributed by atoms with van der Waals surface area (Å²) < 4.78 is 7.17. The van der Waals surface area contributed by atoms with Crippen molar-refractivity contribution in [1.82, 2.24) is 50.4 Å². The number of hydrogen-bond donors (Lipinski definition) is 2.